The highest BCUT2D eigenvalue weighted by Gasteiger charge is 2.07. The zero-order chi connectivity index (χ0) is 15.1. The molecule has 2 rings (SSSR count). The first-order valence-corrected chi connectivity index (χ1v) is 6.75. The van der Waals surface area contributed by atoms with Gasteiger partial charge >= 0.3 is 5.97 Å². The molecule has 1 N–H and O–H groups in total. The summed E-state index contributed by atoms with van der Waals surface area (Å²) < 4.78 is 23.3. The van der Waals surface area contributed by atoms with Crippen molar-refractivity contribution in [1.82, 2.24) is 10.3 Å². The lowest BCUT2D eigenvalue weighted by atomic mass is 10.2. The third kappa shape index (κ3) is 4.68. The Bertz CT molecular complexity index is 598. The Morgan fingerprint density at radius 3 is 3.10 bits per heavy atom. The number of rotatable bonds is 7. The number of benzene rings is 1. The second-order valence-electron chi connectivity index (χ2n) is 4.39. The number of halogens is 1. The monoisotopic (exact) mass is 292 g/mol. The minimum absolute atomic E-state index is 0.231. The molecule has 21 heavy (non-hydrogen) atoms. The van der Waals surface area contributed by atoms with Crippen LogP contribution in [0.4, 0.5) is 4.39 Å². The van der Waals surface area contributed by atoms with Gasteiger partial charge in [0.25, 0.3) is 0 Å². The fraction of sp³-hybridized carbons (Fsp3) is 0.333. The average Bonchev–Trinajstić information content (AvgIpc) is 2.93. The van der Waals surface area contributed by atoms with E-state index in [-0.39, 0.29) is 11.8 Å². The Morgan fingerprint density at radius 2 is 2.33 bits per heavy atom. The number of carbonyl (C=O) groups excluding carboxylic acids is 1. The molecule has 0 fully saturated rings. The van der Waals surface area contributed by atoms with E-state index in [1.807, 2.05) is 0 Å². The van der Waals surface area contributed by atoms with Gasteiger partial charge in [0.2, 0.25) is 5.89 Å². The fourth-order valence-electron chi connectivity index (χ4n) is 1.78. The van der Waals surface area contributed by atoms with Crippen molar-refractivity contribution in [1.29, 1.82) is 0 Å². The van der Waals surface area contributed by atoms with E-state index in [0.29, 0.717) is 43.3 Å². The lowest BCUT2D eigenvalue weighted by Gasteiger charge is -2.02. The van der Waals surface area contributed by atoms with E-state index in [9.17, 15) is 9.18 Å². The molecule has 0 aliphatic heterocycles. The Labute approximate surface area is 122 Å². The maximum absolute atomic E-state index is 13.1. The molecule has 0 spiro atoms. The minimum atomic E-state index is -0.334. The van der Waals surface area contributed by atoms with Crippen LogP contribution in [0.15, 0.2) is 34.9 Å². The van der Waals surface area contributed by atoms with Crippen LogP contribution in [-0.4, -0.2) is 24.1 Å². The van der Waals surface area contributed by atoms with Crippen LogP contribution in [0, 0.1) is 5.82 Å². The van der Waals surface area contributed by atoms with Crippen LogP contribution in [0.5, 0.6) is 0 Å². The topological polar surface area (TPSA) is 64.4 Å². The van der Waals surface area contributed by atoms with E-state index in [4.69, 9.17) is 9.15 Å². The van der Waals surface area contributed by atoms with Gasteiger partial charge in [-0.05, 0) is 25.1 Å². The van der Waals surface area contributed by atoms with Crippen LogP contribution in [0.1, 0.15) is 19.0 Å². The summed E-state index contributed by atoms with van der Waals surface area (Å²) in [4.78, 5) is 15.4. The highest BCUT2D eigenvalue weighted by Crippen LogP contribution is 2.19. The molecule has 0 atom stereocenters. The second kappa shape index (κ2) is 7.54. The highest BCUT2D eigenvalue weighted by molar-refractivity contribution is 5.69. The number of nitrogens with one attached hydrogen (secondary N) is 1. The summed E-state index contributed by atoms with van der Waals surface area (Å²) in [5.41, 5.74) is 1.28. The number of esters is 1. The molecule has 1 aromatic carbocycles. The van der Waals surface area contributed by atoms with E-state index in [1.165, 1.54) is 18.4 Å². The Balaban J connectivity index is 1.82. The van der Waals surface area contributed by atoms with Crippen molar-refractivity contribution in [3.05, 3.63) is 42.0 Å². The fourth-order valence-corrected chi connectivity index (χ4v) is 1.78. The molecule has 2 aromatic rings. The smallest absolute Gasteiger partial charge is 0.307 e. The summed E-state index contributed by atoms with van der Waals surface area (Å²) in [6, 6.07) is 6.06. The van der Waals surface area contributed by atoms with Crippen molar-refractivity contribution in [2.75, 3.05) is 13.2 Å². The standard InChI is InChI=1S/C15H17FN2O3/c1-2-20-14(19)6-7-17-9-13-10-21-15(18-13)11-4-3-5-12(16)8-11/h3-5,8,10,17H,2,6-7,9H2,1H3. The number of oxazole rings is 1. The third-order valence-electron chi connectivity index (χ3n) is 2.74. The Kier molecular flexibility index (Phi) is 5.45. The molecule has 6 heteroatoms. The molecule has 5 nitrogen and oxygen atoms in total. The molecule has 112 valence electrons. The molecule has 0 aliphatic carbocycles. The van der Waals surface area contributed by atoms with Crippen molar-refractivity contribution >= 4 is 5.97 Å². The van der Waals surface area contributed by atoms with Crippen LogP contribution < -0.4 is 5.32 Å². The molecule has 0 aliphatic rings. The number of carbonyl (C=O) groups is 1. The number of nitrogens with zero attached hydrogens (tertiary/aromatic N) is 1. The normalized spacial score (nSPS) is 10.6. The van der Waals surface area contributed by atoms with Crippen molar-refractivity contribution in [3.8, 4) is 11.5 Å². The molecule has 0 radical (unpaired) electrons. The van der Waals surface area contributed by atoms with Gasteiger partial charge in [-0.15, -0.1) is 0 Å². The van der Waals surface area contributed by atoms with Gasteiger partial charge in [0.05, 0.1) is 18.7 Å². The zero-order valence-electron chi connectivity index (χ0n) is 11.8. The molecule has 0 saturated carbocycles. The van der Waals surface area contributed by atoms with Crippen LogP contribution in [0.3, 0.4) is 0 Å². The highest BCUT2D eigenvalue weighted by atomic mass is 19.1. The van der Waals surface area contributed by atoms with E-state index < -0.39 is 0 Å². The third-order valence-corrected chi connectivity index (χ3v) is 2.74. The van der Waals surface area contributed by atoms with Gasteiger partial charge in [-0.3, -0.25) is 4.79 Å². The number of hydrogen-bond donors (Lipinski definition) is 1. The maximum Gasteiger partial charge on any atom is 0.307 e. The minimum Gasteiger partial charge on any atom is -0.466 e. The van der Waals surface area contributed by atoms with E-state index >= 15 is 0 Å². The number of aromatic nitrogens is 1. The van der Waals surface area contributed by atoms with Gasteiger partial charge < -0.3 is 14.5 Å². The van der Waals surface area contributed by atoms with Crippen molar-refractivity contribution in [2.24, 2.45) is 0 Å². The van der Waals surface area contributed by atoms with Crippen molar-refractivity contribution in [2.45, 2.75) is 19.9 Å². The van der Waals surface area contributed by atoms with Crippen LogP contribution in [0.2, 0.25) is 0 Å². The van der Waals surface area contributed by atoms with Gasteiger partial charge in [0.1, 0.15) is 12.1 Å². The molecular weight excluding hydrogens is 275 g/mol. The first-order valence-electron chi connectivity index (χ1n) is 6.75. The predicted octanol–water partition coefficient (Wildman–Crippen LogP) is 2.52. The Hall–Kier alpha value is -2.21. The molecule has 0 amide bonds. The lowest BCUT2D eigenvalue weighted by Crippen LogP contribution is -2.19. The molecular formula is C15H17FN2O3. The van der Waals surface area contributed by atoms with Gasteiger partial charge in [0, 0.05) is 18.7 Å². The van der Waals surface area contributed by atoms with Gasteiger partial charge in [-0.2, -0.15) is 0 Å². The van der Waals surface area contributed by atoms with E-state index in [0.717, 1.165) is 0 Å². The molecule has 0 unspecified atom stereocenters. The van der Waals surface area contributed by atoms with Crippen LogP contribution in [-0.2, 0) is 16.1 Å². The van der Waals surface area contributed by atoms with Gasteiger partial charge in [-0.1, -0.05) is 6.07 Å². The summed E-state index contributed by atoms with van der Waals surface area (Å²) in [6.07, 6.45) is 1.82. The number of ether oxygens (including phenoxy) is 1. The number of hydrogen-bond acceptors (Lipinski definition) is 5. The Morgan fingerprint density at radius 1 is 1.48 bits per heavy atom. The van der Waals surface area contributed by atoms with Gasteiger partial charge in [0.15, 0.2) is 0 Å². The maximum atomic E-state index is 13.1. The summed E-state index contributed by atoms with van der Waals surface area (Å²) >= 11 is 0. The van der Waals surface area contributed by atoms with Crippen LogP contribution >= 0.6 is 0 Å². The summed E-state index contributed by atoms with van der Waals surface area (Å²) in [6.45, 7) is 3.13. The van der Waals surface area contributed by atoms with Crippen molar-refractivity contribution in [3.63, 3.8) is 0 Å². The average molecular weight is 292 g/mol. The first kappa shape index (κ1) is 15.2. The molecule has 0 bridgehead atoms. The molecule has 1 aromatic heterocycles. The quantitative estimate of drug-likeness (QED) is 0.627. The second-order valence-corrected chi connectivity index (χ2v) is 4.39. The zero-order valence-corrected chi connectivity index (χ0v) is 11.8. The summed E-state index contributed by atoms with van der Waals surface area (Å²) in [7, 11) is 0. The summed E-state index contributed by atoms with van der Waals surface area (Å²) in [5, 5.41) is 3.07. The van der Waals surface area contributed by atoms with Crippen molar-refractivity contribution < 1.29 is 18.3 Å². The van der Waals surface area contributed by atoms with Gasteiger partial charge in [-0.25, -0.2) is 9.37 Å². The largest absolute Gasteiger partial charge is 0.466 e. The first-order chi connectivity index (χ1) is 10.2. The summed E-state index contributed by atoms with van der Waals surface area (Å²) in [5.74, 6) is -0.192. The molecule has 1 heterocycles. The van der Waals surface area contributed by atoms with E-state index in [2.05, 4.69) is 10.3 Å². The van der Waals surface area contributed by atoms with Crippen LogP contribution in [0.25, 0.3) is 11.5 Å². The lowest BCUT2D eigenvalue weighted by molar-refractivity contribution is -0.142. The predicted molar refractivity (Wildman–Crippen MR) is 74.9 cm³/mol. The SMILES string of the molecule is CCOC(=O)CCNCc1coc(-c2cccc(F)c2)n1. The van der Waals surface area contributed by atoms with E-state index in [1.54, 1.807) is 19.1 Å². The molecule has 0 saturated heterocycles.